The van der Waals surface area contributed by atoms with Gasteiger partial charge < -0.3 is 10.0 Å². The summed E-state index contributed by atoms with van der Waals surface area (Å²) in [5.74, 6) is -0.623. The molecule has 0 bridgehead atoms. The number of fused-ring (bicyclic) bond motifs is 1. The average Bonchev–Trinajstić information content (AvgIpc) is 2.90. The average molecular weight is 308 g/mol. The lowest BCUT2D eigenvalue weighted by atomic mass is 10.00. The number of aliphatic hydroxyl groups is 1. The van der Waals surface area contributed by atoms with Gasteiger partial charge in [0, 0.05) is 25.1 Å². The molecule has 1 aliphatic carbocycles. The van der Waals surface area contributed by atoms with Gasteiger partial charge in [-0.15, -0.1) is 0 Å². The topological polar surface area (TPSA) is 49.2 Å². The molecule has 2 fully saturated rings. The molecule has 2 aliphatic rings. The molecule has 4 nitrogen and oxygen atoms in total. The Morgan fingerprint density at radius 1 is 1.25 bits per heavy atom. The molecule has 1 saturated carbocycles. The summed E-state index contributed by atoms with van der Waals surface area (Å²) in [5.41, 5.74) is 0. The van der Waals surface area contributed by atoms with Crippen molar-refractivity contribution in [2.24, 2.45) is 11.8 Å². The first-order chi connectivity index (χ1) is 9.34. The van der Waals surface area contributed by atoms with Gasteiger partial charge in [-0.1, -0.05) is 11.6 Å². The molecular formula is C12H13ClF3N3O. The van der Waals surface area contributed by atoms with Crippen LogP contribution in [0.1, 0.15) is 18.7 Å². The van der Waals surface area contributed by atoms with Crippen LogP contribution in [0.4, 0.5) is 19.0 Å². The second-order valence-corrected chi connectivity index (χ2v) is 5.73. The summed E-state index contributed by atoms with van der Waals surface area (Å²) < 4.78 is 38.1. The van der Waals surface area contributed by atoms with Crippen molar-refractivity contribution in [3.05, 3.63) is 17.0 Å². The van der Waals surface area contributed by atoms with Gasteiger partial charge in [0.2, 0.25) is 5.82 Å². The van der Waals surface area contributed by atoms with Gasteiger partial charge in [-0.25, -0.2) is 9.97 Å². The number of hydrogen-bond donors (Lipinski definition) is 1. The zero-order chi connectivity index (χ0) is 14.5. The SMILES string of the molecule is OC1CCC2CN(c3cc(Cl)nc(C(F)(F)F)n3)CC12. The van der Waals surface area contributed by atoms with E-state index in [1.54, 1.807) is 4.90 Å². The van der Waals surface area contributed by atoms with Gasteiger partial charge in [-0.3, -0.25) is 0 Å². The zero-order valence-electron chi connectivity index (χ0n) is 10.4. The smallest absolute Gasteiger partial charge is 0.393 e. The molecule has 3 atom stereocenters. The summed E-state index contributed by atoms with van der Waals surface area (Å²) in [4.78, 5) is 8.53. The third-order valence-corrected chi connectivity index (χ3v) is 4.27. The van der Waals surface area contributed by atoms with Crippen molar-refractivity contribution in [2.45, 2.75) is 25.1 Å². The zero-order valence-corrected chi connectivity index (χ0v) is 11.2. The van der Waals surface area contributed by atoms with E-state index in [0.717, 1.165) is 12.8 Å². The van der Waals surface area contributed by atoms with Crippen molar-refractivity contribution in [3.63, 3.8) is 0 Å². The van der Waals surface area contributed by atoms with E-state index in [0.29, 0.717) is 19.0 Å². The maximum Gasteiger partial charge on any atom is 0.451 e. The monoisotopic (exact) mass is 307 g/mol. The molecule has 1 aromatic rings. The Labute approximate surface area is 118 Å². The lowest BCUT2D eigenvalue weighted by Crippen LogP contribution is -2.26. The van der Waals surface area contributed by atoms with Crippen LogP contribution in [-0.2, 0) is 6.18 Å². The van der Waals surface area contributed by atoms with E-state index >= 15 is 0 Å². The highest BCUT2D eigenvalue weighted by Gasteiger charge is 2.43. The molecule has 1 aliphatic heterocycles. The van der Waals surface area contributed by atoms with Crippen molar-refractivity contribution < 1.29 is 18.3 Å². The Balaban J connectivity index is 1.86. The summed E-state index contributed by atoms with van der Waals surface area (Å²) in [7, 11) is 0. The van der Waals surface area contributed by atoms with Gasteiger partial charge in [-0.05, 0) is 18.8 Å². The lowest BCUT2D eigenvalue weighted by Gasteiger charge is -2.20. The van der Waals surface area contributed by atoms with Crippen LogP contribution >= 0.6 is 11.6 Å². The van der Waals surface area contributed by atoms with Crippen molar-refractivity contribution in [1.29, 1.82) is 0 Å². The summed E-state index contributed by atoms with van der Waals surface area (Å²) >= 11 is 5.66. The molecular weight excluding hydrogens is 295 g/mol. The van der Waals surface area contributed by atoms with Gasteiger partial charge in [0.15, 0.2) is 0 Å². The van der Waals surface area contributed by atoms with Crippen molar-refractivity contribution in [2.75, 3.05) is 18.0 Å². The molecule has 3 unspecified atom stereocenters. The quantitative estimate of drug-likeness (QED) is 0.809. The van der Waals surface area contributed by atoms with Crippen molar-refractivity contribution >= 4 is 17.4 Å². The number of rotatable bonds is 1. The van der Waals surface area contributed by atoms with E-state index in [4.69, 9.17) is 11.6 Å². The second kappa shape index (κ2) is 4.73. The normalized spacial score (nSPS) is 29.9. The van der Waals surface area contributed by atoms with Crippen LogP contribution in [0.15, 0.2) is 6.07 Å². The van der Waals surface area contributed by atoms with Gasteiger partial charge in [0.05, 0.1) is 6.10 Å². The third kappa shape index (κ3) is 2.44. The first-order valence-electron chi connectivity index (χ1n) is 6.39. The number of aliphatic hydroxyl groups excluding tert-OH is 1. The highest BCUT2D eigenvalue weighted by Crippen LogP contribution is 2.40. The van der Waals surface area contributed by atoms with E-state index in [2.05, 4.69) is 9.97 Å². The fraction of sp³-hybridized carbons (Fsp3) is 0.667. The Morgan fingerprint density at radius 3 is 2.65 bits per heavy atom. The first kappa shape index (κ1) is 13.9. The number of hydrogen-bond acceptors (Lipinski definition) is 4. The van der Waals surface area contributed by atoms with E-state index in [1.165, 1.54) is 6.07 Å². The maximum atomic E-state index is 12.7. The highest BCUT2D eigenvalue weighted by molar-refractivity contribution is 6.29. The van der Waals surface area contributed by atoms with Crippen molar-refractivity contribution in [3.8, 4) is 0 Å². The van der Waals surface area contributed by atoms with Crippen LogP contribution in [0.3, 0.4) is 0 Å². The molecule has 3 rings (SSSR count). The highest BCUT2D eigenvalue weighted by atomic mass is 35.5. The fourth-order valence-corrected chi connectivity index (χ4v) is 3.30. The largest absolute Gasteiger partial charge is 0.451 e. The van der Waals surface area contributed by atoms with E-state index in [9.17, 15) is 18.3 Å². The van der Waals surface area contributed by atoms with Crippen LogP contribution in [0, 0.1) is 11.8 Å². The number of aromatic nitrogens is 2. The molecule has 20 heavy (non-hydrogen) atoms. The standard InChI is InChI=1S/C12H13ClF3N3O/c13-9-3-10(18-11(17-9)12(14,15)16)19-4-6-1-2-8(20)7(6)5-19/h3,6-8,20H,1-2,4-5H2. The predicted molar refractivity (Wildman–Crippen MR) is 66.5 cm³/mol. The minimum Gasteiger partial charge on any atom is -0.393 e. The minimum atomic E-state index is -4.62. The maximum absolute atomic E-state index is 12.7. The Kier molecular flexibility index (Phi) is 3.29. The summed E-state index contributed by atoms with van der Waals surface area (Å²) in [6, 6.07) is 1.34. The van der Waals surface area contributed by atoms with Crippen LogP contribution in [0.2, 0.25) is 5.15 Å². The van der Waals surface area contributed by atoms with Crippen LogP contribution in [0.5, 0.6) is 0 Å². The molecule has 110 valence electrons. The van der Waals surface area contributed by atoms with Gasteiger partial charge in [0.25, 0.3) is 0 Å². The van der Waals surface area contributed by atoms with E-state index < -0.39 is 12.0 Å². The fourth-order valence-electron chi connectivity index (χ4n) is 3.12. The van der Waals surface area contributed by atoms with E-state index in [1.807, 2.05) is 0 Å². The first-order valence-corrected chi connectivity index (χ1v) is 6.77. The van der Waals surface area contributed by atoms with Crippen LogP contribution in [-0.4, -0.2) is 34.3 Å². The molecule has 0 aromatic carbocycles. The number of alkyl halides is 3. The molecule has 0 radical (unpaired) electrons. The predicted octanol–water partition coefficient (Wildman–Crippen LogP) is 2.36. The number of halogens is 4. The Bertz CT molecular complexity index is 525. The molecule has 1 saturated heterocycles. The Morgan fingerprint density at radius 2 is 2.00 bits per heavy atom. The summed E-state index contributed by atoms with van der Waals surface area (Å²) in [6.45, 7) is 1.11. The van der Waals surface area contributed by atoms with Gasteiger partial charge >= 0.3 is 6.18 Å². The number of nitrogens with zero attached hydrogens (tertiary/aromatic N) is 3. The summed E-state index contributed by atoms with van der Waals surface area (Å²) in [5, 5.41) is 9.61. The van der Waals surface area contributed by atoms with Crippen LogP contribution in [0.25, 0.3) is 0 Å². The Hall–Kier alpha value is -1.08. The molecule has 1 N–H and O–H groups in total. The molecule has 8 heteroatoms. The van der Waals surface area contributed by atoms with Crippen LogP contribution < -0.4 is 4.90 Å². The second-order valence-electron chi connectivity index (χ2n) is 5.34. The molecule has 0 spiro atoms. The molecule has 0 amide bonds. The molecule has 1 aromatic heterocycles. The third-order valence-electron chi connectivity index (χ3n) is 4.08. The van der Waals surface area contributed by atoms with Gasteiger partial charge in [0.1, 0.15) is 11.0 Å². The number of anilines is 1. The van der Waals surface area contributed by atoms with E-state index in [-0.39, 0.29) is 23.0 Å². The van der Waals surface area contributed by atoms with Crippen molar-refractivity contribution in [1.82, 2.24) is 9.97 Å². The lowest BCUT2D eigenvalue weighted by molar-refractivity contribution is -0.144. The van der Waals surface area contributed by atoms with Gasteiger partial charge in [-0.2, -0.15) is 13.2 Å². The summed E-state index contributed by atoms with van der Waals surface area (Å²) in [6.07, 6.45) is -3.33. The molecule has 2 heterocycles. The minimum absolute atomic E-state index is 0.109.